The lowest BCUT2D eigenvalue weighted by molar-refractivity contribution is -0.138. The molecule has 0 aliphatic heterocycles. The summed E-state index contributed by atoms with van der Waals surface area (Å²) >= 11 is 0. The van der Waals surface area contributed by atoms with Gasteiger partial charge in [0.25, 0.3) is 0 Å². The summed E-state index contributed by atoms with van der Waals surface area (Å²) in [7, 11) is -3.94. The molecular formula is C11H16NO5P. The van der Waals surface area contributed by atoms with Crippen LogP contribution in [0.4, 0.5) is 0 Å². The van der Waals surface area contributed by atoms with Crippen molar-refractivity contribution in [2.45, 2.75) is 18.9 Å². The van der Waals surface area contributed by atoms with Crippen LogP contribution in [0.15, 0.2) is 24.3 Å². The minimum Gasteiger partial charge on any atom is -0.480 e. The van der Waals surface area contributed by atoms with Crippen molar-refractivity contribution in [3.05, 3.63) is 35.4 Å². The van der Waals surface area contributed by atoms with Crippen LogP contribution in [0.1, 0.15) is 23.6 Å². The van der Waals surface area contributed by atoms with Crippen LogP contribution in [-0.4, -0.2) is 27.0 Å². The Kier molecular flexibility index (Phi) is 5.04. The molecule has 1 aromatic carbocycles. The molecule has 0 aliphatic rings. The van der Waals surface area contributed by atoms with Crippen LogP contribution in [-0.2, 0) is 15.8 Å². The molecule has 6 nitrogen and oxygen atoms in total. The van der Waals surface area contributed by atoms with Gasteiger partial charge >= 0.3 is 13.6 Å². The highest BCUT2D eigenvalue weighted by Gasteiger charge is 2.14. The van der Waals surface area contributed by atoms with Crippen molar-refractivity contribution in [3.8, 4) is 0 Å². The Morgan fingerprint density at radius 3 is 2.28 bits per heavy atom. The molecule has 1 rings (SSSR count). The maximum atomic E-state index is 10.7. The Bertz CT molecular complexity index is 453. The zero-order valence-electron chi connectivity index (χ0n) is 9.69. The average Bonchev–Trinajstić information content (AvgIpc) is 2.27. The molecular weight excluding hydrogens is 257 g/mol. The van der Waals surface area contributed by atoms with E-state index in [1.165, 1.54) is 0 Å². The van der Waals surface area contributed by atoms with Gasteiger partial charge in [0, 0.05) is 0 Å². The fourth-order valence-electron chi connectivity index (χ4n) is 1.52. The van der Waals surface area contributed by atoms with Gasteiger partial charge in [0.15, 0.2) is 0 Å². The van der Waals surface area contributed by atoms with Crippen molar-refractivity contribution >= 4 is 13.6 Å². The number of nitrogens with two attached hydrogens (primary N) is 1. The molecule has 1 aromatic rings. The average molecular weight is 273 g/mol. The van der Waals surface area contributed by atoms with Gasteiger partial charge < -0.3 is 20.6 Å². The smallest absolute Gasteiger partial charge is 0.325 e. The Morgan fingerprint density at radius 1 is 1.28 bits per heavy atom. The monoisotopic (exact) mass is 273 g/mol. The van der Waals surface area contributed by atoms with Gasteiger partial charge in [-0.3, -0.25) is 9.36 Å². The molecule has 0 saturated heterocycles. The molecule has 0 bridgehead atoms. The molecule has 0 fully saturated rings. The summed E-state index contributed by atoms with van der Waals surface area (Å²) in [4.78, 5) is 28.1. The summed E-state index contributed by atoms with van der Waals surface area (Å²) in [6.45, 7) is 0. The van der Waals surface area contributed by atoms with E-state index in [2.05, 4.69) is 0 Å². The number of rotatable bonds is 6. The van der Waals surface area contributed by atoms with Crippen LogP contribution < -0.4 is 5.73 Å². The zero-order chi connectivity index (χ0) is 13.8. The van der Waals surface area contributed by atoms with Crippen molar-refractivity contribution in [1.82, 2.24) is 0 Å². The van der Waals surface area contributed by atoms with E-state index in [1.54, 1.807) is 24.3 Å². The number of hydrogen-bond donors (Lipinski definition) is 4. The minimum absolute atomic E-state index is 0.149. The van der Waals surface area contributed by atoms with Gasteiger partial charge in [-0.05, 0) is 24.0 Å². The molecule has 7 heteroatoms. The third kappa shape index (κ3) is 4.98. The summed E-state index contributed by atoms with van der Waals surface area (Å²) in [5.41, 5.74) is 6.84. The van der Waals surface area contributed by atoms with Gasteiger partial charge in [0.05, 0.1) is 6.16 Å². The predicted molar refractivity (Wildman–Crippen MR) is 66.2 cm³/mol. The molecule has 0 radical (unpaired) electrons. The molecule has 0 saturated carbocycles. The van der Waals surface area contributed by atoms with Crippen LogP contribution in [0.5, 0.6) is 0 Å². The van der Waals surface area contributed by atoms with Gasteiger partial charge in [-0.15, -0.1) is 0 Å². The summed E-state index contributed by atoms with van der Waals surface area (Å²) in [6, 6.07) is 5.63. The Morgan fingerprint density at radius 2 is 1.83 bits per heavy atom. The second-order valence-electron chi connectivity index (χ2n) is 4.05. The maximum absolute atomic E-state index is 10.7. The third-order valence-corrected chi connectivity index (χ3v) is 3.42. The SMILES string of the molecule is NC(C(=O)O)c1ccc(CCCP(=O)(O)O)cc1. The Labute approximate surface area is 105 Å². The van der Waals surface area contributed by atoms with Gasteiger partial charge in [-0.1, -0.05) is 24.3 Å². The highest BCUT2D eigenvalue weighted by atomic mass is 31.2. The summed E-state index contributed by atoms with van der Waals surface area (Å²) in [5, 5.41) is 8.72. The maximum Gasteiger partial charge on any atom is 0.325 e. The topological polar surface area (TPSA) is 121 Å². The quantitative estimate of drug-likeness (QED) is 0.571. The molecule has 0 spiro atoms. The molecule has 18 heavy (non-hydrogen) atoms. The first kappa shape index (κ1) is 14.9. The molecule has 0 aliphatic carbocycles. The number of aliphatic carboxylic acids is 1. The van der Waals surface area contributed by atoms with Crippen molar-refractivity contribution < 1.29 is 24.3 Å². The third-order valence-electron chi connectivity index (χ3n) is 2.52. The largest absolute Gasteiger partial charge is 0.480 e. The van der Waals surface area contributed by atoms with Crippen molar-refractivity contribution in [1.29, 1.82) is 0 Å². The summed E-state index contributed by atoms with van der Waals surface area (Å²) in [6.07, 6.45) is 0.770. The first-order valence-electron chi connectivity index (χ1n) is 5.41. The predicted octanol–water partition coefficient (Wildman–Crippen LogP) is 0.881. The van der Waals surface area contributed by atoms with Gasteiger partial charge in [0.2, 0.25) is 0 Å². The first-order chi connectivity index (χ1) is 8.29. The molecule has 1 atom stereocenters. The number of hydrogen-bond acceptors (Lipinski definition) is 3. The van der Waals surface area contributed by atoms with Crippen LogP contribution in [0.3, 0.4) is 0 Å². The lowest BCUT2D eigenvalue weighted by Gasteiger charge is -2.08. The van der Waals surface area contributed by atoms with Crippen molar-refractivity contribution in [2.24, 2.45) is 5.73 Å². The number of carbonyl (C=O) groups is 1. The van der Waals surface area contributed by atoms with Crippen LogP contribution >= 0.6 is 7.60 Å². The minimum atomic E-state index is -3.94. The van der Waals surface area contributed by atoms with E-state index in [1.807, 2.05) is 0 Å². The highest BCUT2D eigenvalue weighted by molar-refractivity contribution is 7.51. The number of benzene rings is 1. The number of carboxylic acids is 1. The Hall–Kier alpha value is -1.20. The zero-order valence-corrected chi connectivity index (χ0v) is 10.6. The number of carboxylic acid groups (broad SMARTS) is 1. The van der Waals surface area contributed by atoms with Crippen molar-refractivity contribution in [2.75, 3.05) is 6.16 Å². The second kappa shape index (κ2) is 6.11. The molecule has 1 unspecified atom stereocenters. The van der Waals surface area contributed by atoms with E-state index >= 15 is 0 Å². The van der Waals surface area contributed by atoms with Gasteiger partial charge in [-0.2, -0.15) is 0 Å². The fourth-order valence-corrected chi connectivity index (χ4v) is 2.09. The Balaban J connectivity index is 2.56. The van der Waals surface area contributed by atoms with E-state index < -0.39 is 19.6 Å². The lowest BCUT2D eigenvalue weighted by Crippen LogP contribution is -2.20. The van der Waals surface area contributed by atoms with Crippen LogP contribution in [0, 0.1) is 0 Å². The molecule has 0 aromatic heterocycles. The van der Waals surface area contributed by atoms with E-state index in [9.17, 15) is 9.36 Å². The molecule has 0 heterocycles. The highest BCUT2D eigenvalue weighted by Crippen LogP contribution is 2.35. The van der Waals surface area contributed by atoms with Crippen LogP contribution in [0.2, 0.25) is 0 Å². The summed E-state index contributed by atoms with van der Waals surface area (Å²) < 4.78 is 10.7. The summed E-state index contributed by atoms with van der Waals surface area (Å²) in [5.74, 6) is -1.09. The normalized spacial score (nSPS) is 13.3. The van der Waals surface area contributed by atoms with Crippen molar-refractivity contribution in [3.63, 3.8) is 0 Å². The standard InChI is InChI=1S/C11H16NO5P/c12-10(11(13)14)9-5-3-8(4-6-9)2-1-7-18(15,16)17/h3-6,10H,1-2,7,12H2,(H,13,14)(H2,15,16,17). The second-order valence-corrected chi connectivity index (χ2v) is 5.83. The molecule has 5 N–H and O–H groups in total. The van der Waals surface area contributed by atoms with E-state index in [4.69, 9.17) is 20.6 Å². The van der Waals surface area contributed by atoms with Crippen LogP contribution in [0.25, 0.3) is 0 Å². The van der Waals surface area contributed by atoms with Gasteiger partial charge in [-0.25, -0.2) is 0 Å². The fraction of sp³-hybridized carbons (Fsp3) is 0.364. The van der Waals surface area contributed by atoms with E-state index in [0.29, 0.717) is 18.4 Å². The van der Waals surface area contributed by atoms with E-state index in [-0.39, 0.29) is 6.16 Å². The van der Waals surface area contributed by atoms with Gasteiger partial charge in [0.1, 0.15) is 6.04 Å². The molecule has 0 amide bonds. The lowest BCUT2D eigenvalue weighted by atomic mass is 10.0. The number of aryl methyl sites for hydroxylation is 1. The molecule has 100 valence electrons. The van der Waals surface area contributed by atoms with E-state index in [0.717, 1.165) is 5.56 Å². The first-order valence-corrected chi connectivity index (χ1v) is 7.21.